The molecule has 0 amide bonds. The molecule has 0 unspecified atom stereocenters. The Morgan fingerprint density at radius 1 is 0.828 bits per heavy atom. The van der Waals surface area contributed by atoms with Crippen molar-refractivity contribution in [2.24, 2.45) is 0 Å². The van der Waals surface area contributed by atoms with Gasteiger partial charge in [0.15, 0.2) is 0 Å². The third-order valence-corrected chi connectivity index (χ3v) is 5.54. The van der Waals surface area contributed by atoms with E-state index in [9.17, 15) is 8.42 Å². The number of nitrogens with zero attached hydrogens (tertiary/aromatic N) is 1. The highest BCUT2D eigenvalue weighted by molar-refractivity contribution is 7.86. The lowest BCUT2D eigenvalue weighted by atomic mass is 10.1. The predicted octanol–water partition coefficient (Wildman–Crippen LogP) is 5.61. The van der Waals surface area contributed by atoms with Gasteiger partial charge >= 0.3 is 10.1 Å². The predicted molar refractivity (Wildman–Crippen MR) is 126 cm³/mol. The molecule has 0 heterocycles. The second-order valence-corrected chi connectivity index (χ2v) is 9.59. The molecule has 29 heavy (non-hydrogen) atoms. The van der Waals surface area contributed by atoms with Crippen LogP contribution >= 0.6 is 0 Å². The van der Waals surface area contributed by atoms with E-state index in [0.717, 1.165) is 6.26 Å². The number of hydrogen-bond acceptors (Lipinski definition) is 4. The molecule has 0 saturated carbocycles. The monoisotopic (exact) mass is 429 g/mol. The summed E-state index contributed by atoms with van der Waals surface area (Å²) in [6.45, 7) is 15.0. The van der Waals surface area contributed by atoms with Crippen molar-refractivity contribution in [1.29, 1.82) is 0 Å². The maximum atomic E-state index is 10.6. The lowest BCUT2D eigenvalue weighted by Crippen LogP contribution is -2.50. The molecule has 5 nitrogen and oxygen atoms in total. The smallest absolute Gasteiger partial charge is 0.306 e. The van der Waals surface area contributed by atoms with E-state index in [0.29, 0.717) is 5.69 Å². The standard InChI is InChI=1S/C16H36N.C7H9NO3S/c1-5-9-13-17(14-10-6-2,15-11-7-3)16-12-8-4;1-12(9,10)11-7-4-2-3-6(8)5-7/h5-16H2,1-4H3;2-5H,8H2,1H3/q+1;. The molecule has 1 rings (SSSR count). The van der Waals surface area contributed by atoms with Crippen molar-refractivity contribution in [2.75, 3.05) is 38.2 Å². The normalized spacial score (nSPS) is 11.6. The molecule has 0 radical (unpaired) electrons. The fourth-order valence-electron chi connectivity index (χ4n) is 3.39. The fraction of sp³-hybridized carbons (Fsp3) is 0.739. The van der Waals surface area contributed by atoms with Crippen LogP contribution in [-0.4, -0.2) is 45.3 Å². The number of quaternary nitrogens is 1. The SMILES string of the molecule is CCCC[N+](CCCC)(CCCC)CCCC.CS(=O)(=O)Oc1cccc(N)c1. The summed E-state index contributed by atoms with van der Waals surface area (Å²) >= 11 is 0. The van der Waals surface area contributed by atoms with Gasteiger partial charge in [0.1, 0.15) is 5.75 Å². The molecule has 6 heteroatoms. The van der Waals surface area contributed by atoms with Gasteiger partial charge in [0, 0.05) is 11.8 Å². The first kappa shape index (κ1) is 27.7. The number of unbranched alkanes of at least 4 members (excludes halogenated alkanes) is 4. The molecule has 170 valence electrons. The Hall–Kier alpha value is -1.27. The number of nitrogens with two attached hydrogens (primary N) is 1. The Balaban J connectivity index is 0.000000571. The van der Waals surface area contributed by atoms with E-state index < -0.39 is 10.1 Å². The number of benzene rings is 1. The zero-order valence-corrected chi connectivity index (χ0v) is 20.3. The topological polar surface area (TPSA) is 69.4 Å². The molecule has 2 N–H and O–H groups in total. The van der Waals surface area contributed by atoms with Crippen LogP contribution in [0.2, 0.25) is 0 Å². The minimum absolute atomic E-state index is 0.234. The Bertz CT molecular complexity index is 595. The molecular formula is C23H45N2O3S+. The molecule has 0 bridgehead atoms. The van der Waals surface area contributed by atoms with Gasteiger partial charge in [-0.2, -0.15) is 8.42 Å². The summed E-state index contributed by atoms with van der Waals surface area (Å²) in [4.78, 5) is 0. The lowest BCUT2D eigenvalue weighted by molar-refractivity contribution is -0.929. The first-order valence-corrected chi connectivity index (χ1v) is 13.1. The van der Waals surface area contributed by atoms with E-state index >= 15 is 0 Å². The maximum absolute atomic E-state index is 10.6. The molecule has 0 saturated heterocycles. The molecule has 1 aromatic rings. The molecule has 0 aliphatic rings. The van der Waals surface area contributed by atoms with Gasteiger partial charge in [-0.3, -0.25) is 0 Å². The summed E-state index contributed by atoms with van der Waals surface area (Å²) in [6, 6.07) is 6.24. The second kappa shape index (κ2) is 15.6. The fourth-order valence-corrected chi connectivity index (χ4v) is 3.84. The van der Waals surface area contributed by atoms with E-state index in [2.05, 4.69) is 31.9 Å². The summed E-state index contributed by atoms with van der Waals surface area (Å²) in [5.74, 6) is 0.234. The summed E-state index contributed by atoms with van der Waals surface area (Å²) in [6.07, 6.45) is 12.0. The quantitative estimate of drug-likeness (QED) is 0.237. The summed E-state index contributed by atoms with van der Waals surface area (Å²) in [7, 11) is -3.45. The molecule has 0 spiro atoms. The highest BCUT2D eigenvalue weighted by atomic mass is 32.2. The van der Waals surface area contributed by atoms with Crippen LogP contribution in [0.5, 0.6) is 5.75 Å². The van der Waals surface area contributed by atoms with Crippen LogP contribution in [0.15, 0.2) is 24.3 Å². The van der Waals surface area contributed by atoms with E-state index in [1.165, 1.54) is 94.2 Å². The third-order valence-electron chi connectivity index (χ3n) is 5.05. The number of rotatable bonds is 14. The zero-order valence-electron chi connectivity index (χ0n) is 19.5. The molecular weight excluding hydrogens is 384 g/mol. The van der Waals surface area contributed by atoms with Crippen LogP contribution in [-0.2, 0) is 10.1 Å². The Labute approximate surface area is 180 Å². The van der Waals surface area contributed by atoms with Crippen molar-refractivity contribution < 1.29 is 17.1 Å². The largest absolute Gasteiger partial charge is 0.399 e. The van der Waals surface area contributed by atoms with Crippen LogP contribution in [0.4, 0.5) is 5.69 Å². The molecule has 0 aliphatic carbocycles. The van der Waals surface area contributed by atoms with Crippen LogP contribution in [0.1, 0.15) is 79.1 Å². The van der Waals surface area contributed by atoms with Gasteiger partial charge in [-0.15, -0.1) is 0 Å². The van der Waals surface area contributed by atoms with Crippen molar-refractivity contribution >= 4 is 15.8 Å². The van der Waals surface area contributed by atoms with Gasteiger partial charge < -0.3 is 14.4 Å². The summed E-state index contributed by atoms with van der Waals surface area (Å²) in [5, 5.41) is 0. The van der Waals surface area contributed by atoms with Crippen LogP contribution in [0, 0.1) is 0 Å². The van der Waals surface area contributed by atoms with Gasteiger partial charge in [-0.05, 0) is 37.8 Å². The van der Waals surface area contributed by atoms with E-state index in [-0.39, 0.29) is 5.75 Å². The van der Waals surface area contributed by atoms with Crippen molar-refractivity contribution in [1.82, 2.24) is 0 Å². The first-order valence-electron chi connectivity index (χ1n) is 11.3. The average Bonchev–Trinajstić information content (AvgIpc) is 2.66. The minimum Gasteiger partial charge on any atom is -0.399 e. The second-order valence-electron chi connectivity index (χ2n) is 8.01. The van der Waals surface area contributed by atoms with Crippen LogP contribution < -0.4 is 9.92 Å². The molecule has 0 aliphatic heterocycles. The maximum Gasteiger partial charge on any atom is 0.306 e. The zero-order chi connectivity index (χ0) is 22.2. The van der Waals surface area contributed by atoms with Gasteiger partial charge in [0.05, 0.1) is 32.4 Å². The third kappa shape index (κ3) is 14.4. The van der Waals surface area contributed by atoms with Gasteiger partial charge in [0.25, 0.3) is 0 Å². The Morgan fingerprint density at radius 3 is 1.55 bits per heavy atom. The van der Waals surface area contributed by atoms with Crippen LogP contribution in [0.25, 0.3) is 0 Å². The highest BCUT2D eigenvalue weighted by Gasteiger charge is 2.24. The lowest BCUT2D eigenvalue weighted by Gasteiger charge is -2.39. The first-order chi connectivity index (χ1) is 13.7. The van der Waals surface area contributed by atoms with E-state index in [1.807, 2.05) is 0 Å². The molecule has 1 aromatic carbocycles. The molecule has 0 aromatic heterocycles. The van der Waals surface area contributed by atoms with Crippen molar-refractivity contribution in [3.05, 3.63) is 24.3 Å². The highest BCUT2D eigenvalue weighted by Crippen LogP contribution is 2.17. The molecule has 0 atom stereocenters. The van der Waals surface area contributed by atoms with Gasteiger partial charge in [-0.25, -0.2) is 0 Å². The Kier molecular flexibility index (Phi) is 14.9. The summed E-state index contributed by atoms with van der Waals surface area (Å²) in [5.41, 5.74) is 5.87. The van der Waals surface area contributed by atoms with E-state index in [4.69, 9.17) is 5.73 Å². The number of nitrogen functional groups attached to an aromatic ring is 1. The Morgan fingerprint density at radius 2 is 1.24 bits per heavy atom. The molecule has 0 fully saturated rings. The van der Waals surface area contributed by atoms with Crippen molar-refractivity contribution in [2.45, 2.75) is 79.1 Å². The van der Waals surface area contributed by atoms with E-state index in [1.54, 1.807) is 12.1 Å². The van der Waals surface area contributed by atoms with Gasteiger partial charge in [-0.1, -0.05) is 59.4 Å². The van der Waals surface area contributed by atoms with Gasteiger partial charge in [0.2, 0.25) is 0 Å². The van der Waals surface area contributed by atoms with Crippen molar-refractivity contribution in [3.8, 4) is 5.75 Å². The number of hydrogen-bond donors (Lipinski definition) is 1. The summed E-state index contributed by atoms with van der Waals surface area (Å²) < 4.78 is 27.3. The van der Waals surface area contributed by atoms with Crippen LogP contribution in [0.3, 0.4) is 0 Å². The van der Waals surface area contributed by atoms with Crippen molar-refractivity contribution in [3.63, 3.8) is 0 Å². The average molecular weight is 430 g/mol. The minimum atomic E-state index is -3.45. The number of anilines is 1.